The second kappa shape index (κ2) is 7.70. The molecule has 2 aromatic carbocycles. The Morgan fingerprint density at radius 1 is 1.07 bits per heavy atom. The molecule has 3 rings (SSSR count). The summed E-state index contributed by atoms with van der Waals surface area (Å²) in [6.45, 7) is 4.05. The Morgan fingerprint density at radius 3 is 2.29 bits per heavy atom. The van der Waals surface area contributed by atoms with Gasteiger partial charge in [0.05, 0.1) is 21.3 Å². The molecule has 28 heavy (non-hydrogen) atoms. The van der Waals surface area contributed by atoms with Crippen LogP contribution >= 0.6 is 0 Å². The van der Waals surface area contributed by atoms with Gasteiger partial charge in [0.1, 0.15) is 11.4 Å². The van der Waals surface area contributed by atoms with E-state index in [4.69, 9.17) is 18.9 Å². The molecule has 1 aliphatic rings. The number of hydrogen-bond donors (Lipinski definition) is 0. The fraction of sp³-hybridized carbons (Fsp3) is 0.409. The van der Waals surface area contributed by atoms with Crippen molar-refractivity contribution in [3.05, 3.63) is 47.0 Å². The molecule has 1 aliphatic heterocycles. The van der Waals surface area contributed by atoms with Crippen molar-refractivity contribution >= 4 is 5.78 Å². The average molecular weight is 388 g/mol. The van der Waals surface area contributed by atoms with E-state index < -0.39 is 12.0 Å². The smallest absolute Gasteiger partial charge is 0.203 e. The number of halogens is 1. The number of hydrogen-bond acceptors (Lipinski definition) is 5. The summed E-state index contributed by atoms with van der Waals surface area (Å²) in [6, 6.07) is 7.97. The van der Waals surface area contributed by atoms with Crippen molar-refractivity contribution < 1.29 is 28.1 Å². The average Bonchev–Trinajstić information content (AvgIpc) is 2.70. The van der Waals surface area contributed by atoms with Gasteiger partial charge in [-0.1, -0.05) is 0 Å². The number of benzene rings is 2. The van der Waals surface area contributed by atoms with Crippen LogP contribution in [0, 0.1) is 0 Å². The van der Waals surface area contributed by atoms with Crippen LogP contribution in [-0.4, -0.2) is 32.7 Å². The summed E-state index contributed by atoms with van der Waals surface area (Å²) >= 11 is 0. The summed E-state index contributed by atoms with van der Waals surface area (Å²) in [5.74, 6) is 1.07. The van der Waals surface area contributed by atoms with Crippen LogP contribution in [0.25, 0.3) is 0 Å². The molecule has 0 aliphatic carbocycles. The first-order chi connectivity index (χ1) is 13.3. The Labute approximate surface area is 164 Å². The van der Waals surface area contributed by atoms with Crippen molar-refractivity contribution in [3.63, 3.8) is 0 Å². The first-order valence-corrected chi connectivity index (χ1v) is 9.09. The molecule has 1 atom stereocenters. The van der Waals surface area contributed by atoms with Gasteiger partial charge in [-0.25, -0.2) is 4.39 Å². The molecule has 0 fully saturated rings. The van der Waals surface area contributed by atoms with Crippen LogP contribution in [0.3, 0.4) is 0 Å². The van der Waals surface area contributed by atoms with Crippen LogP contribution in [0.2, 0.25) is 0 Å². The van der Waals surface area contributed by atoms with Crippen molar-refractivity contribution in [1.82, 2.24) is 0 Å². The third-order valence-corrected chi connectivity index (χ3v) is 4.94. The Kier molecular flexibility index (Phi) is 5.49. The molecule has 6 heteroatoms. The molecule has 0 saturated heterocycles. The molecular weight excluding hydrogens is 363 g/mol. The maximum atomic E-state index is 15.1. The standard InChI is InChI=1S/C22H25FO5/c1-22(2)9-8-13-10-14(6-7-16(13)28-22)20(24)19(23)15-11-17(25-3)21(27-5)18(12-15)26-4/h6-7,10-12,19H,8-9H2,1-5H3. The van der Waals surface area contributed by atoms with Crippen LogP contribution in [0.1, 0.15) is 47.9 Å². The quantitative estimate of drug-likeness (QED) is 0.671. The zero-order chi connectivity index (χ0) is 20.5. The van der Waals surface area contributed by atoms with Crippen LogP contribution in [0.15, 0.2) is 30.3 Å². The highest BCUT2D eigenvalue weighted by molar-refractivity contribution is 6.00. The number of methoxy groups -OCH3 is 3. The third kappa shape index (κ3) is 3.77. The van der Waals surface area contributed by atoms with Gasteiger partial charge >= 0.3 is 0 Å². The molecule has 1 heterocycles. The minimum atomic E-state index is -1.85. The zero-order valence-electron chi connectivity index (χ0n) is 16.8. The van der Waals surface area contributed by atoms with Gasteiger partial charge < -0.3 is 18.9 Å². The van der Waals surface area contributed by atoms with Crippen molar-refractivity contribution in [1.29, 1.82) is 0 Å². The summed E-state index contributed by atoms with van der Waals surface area (Å²) in [4.78, 5) is 12.8. The van der Waals surface area contributed by atoms with E-state index in [1.165, 1.54) is 33.5 Å². The molecule has 0 N–H and O–H groups in total. The lowest BCUT2D eigenvalue weighted by molar-refractivity contribution is 0.0841. The van der Waals surface area contributed by atoms with Gasteiger partial charge in [0.2, 0.25) is 11.5 Å². The van der Waals surface area contributed by atoms with Gasteiger partial charge in [0.15, 0.2) is 17.7 Å². The predicted octanol–water partition coefficient (Wildman–Crippen LogP) is 4.71. The van der Waals surface area contributed by atoms with E-state index in [-0.39, 0.29) is 11.2 Å². The molecule has 2 aromatic rings. The summed E-state index contributed by atoms with van der Waals surface area (Å²) in [6.07, 6.45) is -0.235. The Bertz CT molecular complexity index is 865. The fourth-order valence-electron chi connectivity index (χ4n) is 3.36. The van der Waals surface area contributed by atoms with E-state index in [0.29, 0.717) is 22.8 Å². The molecule has 0 bridgehead atoms. The van der Waals surface area contributed by atoms with E-state index in [9.17, 15) is 4.79 Å². The maximum absolute atomic E-state index is 15.1. The van der Waals surface area contributed by atoms with Crippen LogP contribution in [0.5, 0.6) is 23.0 Å². The number of carbonyl (C=O) groups excluding carboxylic acids is 1. The maximum Gasteiger partial charge on any atom is 0.203 e. The van der Waals surface area contributed by atoms with Gasteiger partial charge in [-0.05, 0) is 62.6 Å². The van der Waals surface area contributed by atoms with Crippen molar-refractivity contribution in [2.75, 3.05) is 21.3 Å². The number of rotatable bonds is 6. The summed E-state index contributed by atoms with van der Waals surface area (Å²) in [7, 11) is 4.36. The zero-order valence-corrected chi connectivity index (χ0v) is 16.8. The topological polar surface area (TPSA) is 54.0 Å². The summed E-state index contributed by atoms with van der Waals surface area (Å²) in [5.41, 5.74) is 1.14. The van der Waals surface area contributed by atoms with Crippen LogP contribution in [-0.2, 0) is 6.42 Å². The number of ether oxygens (including phenoxy) is 4. The van der Waals surface area contributed by atoms with E-state index >= 15 is 4.39 Å². The van der Waals surface area contributed by atoms with Gasteiger partial charge in [0.25, 0.3) is 0 Å². The second-order valence-electron chi connectivity index (χ2n) is 7.37. The lowest BCUT2D eigenvalue weighted by Gasteiger charge is -2.32. The number of alkyl halides is 1. The number of ketones is 1. The monoisotopic (exact) mass is 388 g/mol. The number of Topliss-reactive ketones (excluding diaryl/α,β-unsaturated/α-hetero) is 1. The highest BCUT2D eigenvalue weighted by Crippen LogP contribution is 2.41. The summed E-state index contributed by atoms with van der Waals surface area (Å²) < 4.78 is 36.8. The fourth-order valence-corrected chi connectivity index (χ4v) is 3.36. The van der Waals surface area contributed by atoms with E-state index in [1.54, 1.807) is 18.2 Å². The molecule has 0 amide bonds. The van der Waals surface area contributed by atoms with Gasteiger partial charge in [-0.2, -0.15) is 0 Å². The minimum Gasteiger partial charge on any atom is -0.493 e. The van der Waals surface area contributed by atoms with E-state index in [0.717, 1.165) is 24.2 Å². The second-order valence-corrected chi connectivity index (χ2v) is 7.37. The summed E-state index contributed by atoms with van der Waals surface area (Å²) in [5, 5.41) is 0. The van der Waals surface area contributed by atoms with Crippen LogP contribution in [0.4, 0.5) is 4.39 Å². The van der Waals surface area contributed by atoms with Gasteiger partial charge in [-0.15, -0.1) is 0 Å². The molecule has 0 radical (unpaired) electrons. The largest absolute Gasteiger partial charge is 0.493 e. The highest BCUT2D eigenvalue weighted by atomic mass is 19.1. The Balaban J connectivity index is 1.91. The SMILES string of the molecule is COc1cc(C(F)C(=O)c2ccc3c(c2)CCC(C)(C)O3)cc(OC)c1OC. The lowest BCUT2D eigenvalue weighted by atomic mass is 9.91. The van der Waals surface area contributed by atoms with Crippen molar-refractivity contribution in [3.8, 4) is 23.0 Å². The van der Waals surface area contributed by atoms with Gasteiger partial charge in [0, 0.05) is 11.1 Å². The number of aryl methyl sites for hydroxylation is 1. The lowest BCUT2D eigenvalue weighted by Crippen LogP contribution is -2.32. The van der Waals surface area contributed by atoms with Gasteiger partial charge in [-0.3, -0.25) is 4.79 Å². The third-order valence-electron chi connectivity index (χ3n) is 4.94. The number of fused-ring (bicyclic) bond motifs is 1. The molecule has 1 unspecified atom stereocenters. The van der Waals surface area contributed by atoms with Crippen molar-refractivity contribution in [2.45, 2.75) is 38.5 Å². The molecule has 5 nitrogen and oxygen atoms in total. The highest BCUT2D eigenvalue weighted by Gasteiger charge is 2.29. The first kappa shape index (κ1) is 20.0. The Morgan fingerprint density at radius 2 is 1.71 bits per heavy atom. The Hall–Kier alpha value is -2.76. The van der Waals surface area contributed by atoms with Crippen LogP contribution < -0.4 is 18.9 Å². The number of carbonyl (C=O) groups is 1. The van der Waals surface area contributed by atoms with E-state index in [2.05, 4.69) is 0 Å². The van der Waals surface area contributed by atoms with E-state index in [1.807, 2.05) is 13.8 Å². The molecular formula is C22H25FO5. The predicted molar refractivity (Wildman–Crippen MR) is 104 cm³/mol. The minimum absolute atomic E-state index is 0.148. The normalized spacial score (nSPS) is 15.8. The molecule has 0 aromatic heterocycles. The first-order valence-electron chi connectivity index (χ1n) is 9.09. The molecule has 0 saturated carbocycles. The molecule has 150 valence electrons. The molecule has 0 spiro atoms. The van der Waals surface area contributed by atoms with Crippen molar-refractivity contribution in [2.24, 2.45) is 0 Å².